The number of fused-ring (bicyclic) bond motifs is 1. The number of ether oxygens (including phenoxy) is 1. The monoisotopic (exact) mass is 241 g/mol. The number of benzene rings is 1. The van der Waals surface area contributed by atoms with Crippen LogP contribution in [0.15, 0.2) is 16.6 Å². The van der Waals surface area contributed by atoms with Gasteiger partial charge in [0.05, 0.1) is 6.61 Å². The Balaban J connectivity index is 2.52. The van der Waals surface area contributed by atoms with E-state index in [1.165, 1.54) is 5.56 Å². The van der Waals surface area contributed by atoms with Gasteiger partial charge in [0.1, 0.15) is 5.75 Å². The van der Waals surface area contributed by atoms with Crippen LogP contribution < -0.4 is 10.5 Å². The number of rotatable bonds is 0. The first-order chi connectivity index (χ1) is 6.18. The molecule has 1 aliphatic rings. The van der Waals surface area contributed by atoms with Crippen molar-refractivity contribution >= 4 is 15.9 Å². The molecule has 0 aromatic heterocycles. The Kier molecular flexibility index (Phi) is 2.30. The van der Waals surface area contributed by atoms with Crippen LogP contribution in [0.1, 0.15) is 23.6 Å². The largest absolute Gasteiger partial charge is 0.493 e. The van der Waals surface area contributed by atoms with Crippen molar-refractivity contribution in [3.63, 3.8) is 0 Å². The van der Waals surface area contributed by atoms with Crippen LogP contribution in [0, 0.1) is 6.92 Å². The second-order valence-electron chi connectivity index (χ2n) is 3.38. The number of aryl methyl sites for hydroxylation is 1. The summed E-state index contributed by atoms with van der Waals surface area (Å²) in [6.07, 6.45) is 0.911. The average Bonchev–Trinajstić information content (AvgIpc) is 2.09. The van der Waals surface area contributed by atoms with E-state index in [-0.39, 0.29) is 6.04 Å². The molecule has 1 aliphatic heterocycles. The number of hydrogen-bond donors (Lipinski definition) is 1. The average molecular weight is 242 g/mol. The first-order valence-corrected chi connectivity index (χ1v) is 5.16. The lowest BCUT2D eigenvalue weighted by molar-refractivity contribution is 0.268. The minimum atomic E-state index is 0.135. The number of hydrogen-bond acceptors (Lipinski definition) is 2. The standard InChI is InChI=1S/C10H12BrNO/c1-6-4-7-9(12)2-3-13-10(7)5-8(6)11/h4-5,9H,2-3,12H2,1H3. The molecule has 0 amide bonds. The molecule has 0 fully saturated rings. The maximum Gasteiger partial charge on any atom is 0.125 e. The molecule has 70 valence electrons. The predicted octanol–water partition coefficient (Wildman–Crippen LogP) is 2.54. The van der Waals surface area contributed by atoms with Gasteiger partial charge < -0.3 is 10.5 Å². The van der Waals surface area contributed by atoms with Gasteiger partial charge in [-0.2, -0.15) is 0 Å². The van der Waals surface area contributed by atoms with Crippen LogP contribution in [0.25, 0.3) is 0 Å². The molecule has 1 atom stereocenters. The fourth-order valence-corrected chi connectivity index (χ4v) is 1.87. The molecule has 0 aliphatic carbocycles. The lowest BCUT2D eigenvalue weighted by Gasteiger charge is -2.23. The zero-order valence-electron chi connectivity index (χ0n) is 7.51. The van der Waals surface area contributed by atoms with Gasteiger partial charge in [-0.15, -0.1) is 0 Å². The van der Waals surface area contributed by atoms with Crippen LogP contribution in [0.5, 0.6) is 5.75 Å². The normalized spacial score (nSPS) is 20.7. The van der Waals surface area contributed by atoms with Crippen molar-refractivity contribution in [2.45, 2.75) is 19.4 Å². The van der Waals surface area contributed by atoms with E-state index in [4.69, 9.17) is 10.5 Å². The van der Waals surface area contributed by atoms with Crippen molar-refractivity contribution in [2.24, 2.45) is 5.73 Å². The fraction of sp³-hybridized carbons (Fsp3) is 0.400. The predicted molar refractivity (Wildman–Crippen MR) is 55.9 cm³/mol. The zero-order valence-corrected chi connectivity index (χ0v) is 9.10. The third kappa shape index (κ3) is 1.58. The van der Waals surface area contributed by atoms with Gasteiger partial charge in [-0.1, -0.05) is 15.9 Å². The van der Waals surface area contributed by atoms with Crippen molar-refractivity contribution in [1.82, 2.24) is 0 Å². The van der Waals surface area contributed by atoms with Crippen LogP contribution in [0.3, 0.4) is 0 Å². The number of halogens is 1. The molecule has 13 heavy (non-hydrogen) atoms. The van der Waals surface area contributed by atoms with E-state index < -0.39 is 0 Å². The molecule has 3 heteroatoms. The summed E-state index contributed by atoms with van der Waals surface area (Å²) >= 11 is 3.47. The summed E-state index contributed by atoms with van der Waals surface area (Å²) in [6, 6.07) is 4.24. The molecule has 1 aromatic carbocycles. The van der Waals surface area contributed by atoms with Gasteiger partial charge in [0.2, 0.25) is 0 Å². The Morgan fingerprint density at radius 2 is 2.31 bits per heavy atom. The molecule has 0 radical (unpaired) electrons. The summed E-state index contributed by atoms with van der Waals surface area (Å²) in [5.41, 5.74) is 8.31. The van der Waals surface area contributed by atoms with Crippen molar-refractivity contribution in [3.8, 4) is 5.75 Å². The minimum absolute atomic E-state index is 0.135. The molecule has 0 spiro atoms. The summed E-state index contributed by atoms with van der Waals surface area (Å²) < 4.78 is 6.60. The van der Waals surface area contributed by atoms with Crippen LogP contribution >= 0.6 is 15.9 Å². The number of nitrogens with two attached hydrogens (primary N) is 1. The van der Waals surface area contributed by atoms with E-state index in [9.17, 15) is 0 Å². The van der Waals surface area contributed by atoms with Gasteiger partial charge in [0.15, 0.2) is 0 Å². The van der Waals surface area contributed by atoms with E-state index in [1.54, 1.807) is 0 Å². The molecule has 0 saturated heterocycles. The second kappa shape index (κ2) is 3.31. The highest BCUT2D eigenvalue weighted by Gasteiger charge is 2.18. The van der Waals surface area contributed by atoms with Crippen LogP contribution in [-0.4, -0.2) is 6.61 Å². The maximum atomic E-state index is 5.97. The van der Waals surface area contributed by atoms with Crippen molar-refractivity contribution < 1.29 is 4.74 Å². The highest BCUT2D eigenvalue weighted by Crippen LogP contribution is 2.34. The van der Waals surface area contributed by atoms with Crippen LogP contribution in [-0.2, 0) is 0 Å². The summed E-state index contributed by atoms with van der Waals surface area (Å²) in [7, 11) is 0. The molecule has 1 unspecified atom stereocenters. The molecule has 0 bridgehead atoms. The van der Waals surface area contributed by atoms with E-state index in [0.29, 0.717) is 0 Å². The molecule has 2 N–H and O–H groups in total. The third-order valence-corrected chi connectivity index (χ3v) is 3.23. The molecule has 1 aromatic rings. The molecular weight excluding hydrogens is 230 g/mol. The topological polar surface area (TPSA) is 35.2 Å². The maximum absolute atomic E-state index is 5.97. The lowest BCUT2D eigenvalue weighted by Crippen LogP contribution is -2.20. The fourth-order valence-electron chi connectivity index (χ4n) is 1.55. The zero-order chi connectivity index (χ0) is 9.42. The van der Waals surface area contributed by atoms with E-state index in [2.05, 4.69) is 28.9 Å². The van der Waals surface area contributed by atoms with Crippen molar-refractivity contribution in [2.75, 3.05) is 6.61 Å². The smallest absolute Gasteiger partial charge is 0.125 e. The highest BCUT2D eigenvalue weighted by atomic mass is 79.9. The van der Waals surface area contributed by atoms with Crippen molar-refractivity contribution in [3.05, 3.63) is 27.7 Å². The first kappa shape index (κ1) is 9.03. The Morgan fingerprint density at radius 3 is 3.08 bits per heavy atom. The van der Waals surface area contributed by atoms with E-state index in [1.807, 2.05) is 6.07 Å². The SMILES string of the molecule is Cc1cc2c(cc1Br)OCCC2N. The Bertz CT molecular complexity index is 338. The Labute approximate surface area is 86.2 Å². The van der Waals surface area contributed by atoms with Gasteiger partial charge in [0.25, 0.3) is 0 Å². The molecular formula is C10H12BrNO. The Morgan fingerprint density at radius 1 is 1.54 bits per heavy atom. The van der Waals surface area contributed by atoms with Gasteiger partial charge >= 0.3 is 0 Å². The highest BCUT2D eigenvalue weighted by molar-refractivity contribution is 9.10. The first-order valence-electron chi connectivity index (χ1n) is 4.37. The quantitative estimate of drug-likeness (QED) is 0.758. The van der Waals surface area contributed by atoms with Crippen molar-refractivity contribution in [1.29, 1.82) is 0 Å². The lowest BCUT2D eigenvalue weighted by atomic mass is 10.00. The van der Waals surface area contributed by atoms with E-state index >= 15 is 0 Å². The van der Waals surface area contributed by atoms with Gasteiger partial charge in [-0.3, -0.25) is 0 Å². The van der Waals surface area contributed by atoms with E-state index in [0.717, 1.165) is 28.8 Å². The summed E-state index contributed by atoms with van der Waals surface area (Å²) in [5, 5.41) is 0. The van der Waals surface area contributed by atoms with Gasteiger partial charge in [-0.05, 0) is 24.6 Å². The van der Waals surface area contributed by atoms with Gasteiger partial charge in [0, 0.05) is 22.5 Å². The summed E-state index contributed by atoms with van der Waals surface area (Å²) in [4.78, 5) is 0. The van der Waals surface area contributed by atoms with Crippen LogP contribution in [0.4, 0.5) is 0 Å². The third-order valence-electron chi connectivity index (χ3n) is 2.38. The summed E-state index contributed by atoms with van der Waals surface area (Å²) in [5.74, 6) is 0.927. The Hall–Kier alpha value is -0.540. The molecule has 2 nitrogen and oxygen atoms in total. The molecule has 1 heterocycles. The molecule has 2 rings (SSSR count). The van der Waals surface area contributed by atoms with Gasteiger partial charge in [-0.25, -0.2) is 0 Å². The minimum Gasteiger partial charge on any atom is -0.493 e. The molecule has 0 saturated carbocycles. The second-order valence-corrected chi connectivity index (χ2v) is 4.24. The van der Waals surface area contributed by atoms with Crippen LogP contribution in [0.2, 0.25) is 0 Å². The summed E-state index contributed by atoms with van der Waals surface area (Å²) in [6.45, 7) is 2.79.